The van der Waals surface area contributed by atoms with Gasteiger partial charge in [-0.1, -0.05) is 48.5 Å². The number of hydrogen-bond donors (Lipinski definition) is 15. The standard InChI is InChI=1S/C48H70N16O10/c1-26(65)39-46(74)63-35(22-28-12-4-3-5-13-28)43(71)60-34(18-11-21-56-48(52)53)42(70)61-36(23-29-25-57-31-15-7-6-14-30(29)31)44(72)59-32(40(49)68)16-8-9-19-54-38(67)24-37(45(73)64-39)62-41(69)33(58-27(2)66)17-10-20-55-47(50)51/h3-7,12-15,25-26,32-37,39,57,65H,8-11,16-24H2,1-2H3,(H2,49,68)(H,54,67)(H,58,66)(H,59,72)(H,60,71)(H,61,70)(H,62,69)(H,63,74)(H,64,73)(H4,50,51,55)(H4,52,53,56)/t26-,32+,33+,34+,35-,36+,37+,39+/m0/s1. The van der Waals surface area contributed by atoms with Crippen LogP contribution in [0.3, 0.4) is 0 Å². The Labute approximate surface area is 427 Å². The zero-order valence-corrected chi connectivity index (χ0v) is 41.5. The van der Waals surface area contributed by atoms with Gasteiger partial charge in [-0.15, -0.1) is 0 Å². The average molecular weight is 1030 g/mol. The van der Waals surface area contributed by atoms with Gasteiger partial charge in [0.2, 0.25) is 53.2 Å². The summed E-state index contributed by atoms with van der Waals surface area (Å²) in [4.78, 5) is 135. The average Bonchev–Trinajstić information content (AvgIpc) is 3.75. The molecular formula is C48H70N16O10. The van der Waals surface area contributed by atoms with Crippen LogP contribution < -0.4 is 71.2 Å². The highest BCUT2D eigenvalue weighted by atomic mass is 16.3. The van der Waals surface area contributed by atoms with E-state index in [0.717, 1.165) is 10.9 Å². The number of aromatic amines is 1. The maximum atomic E-state index is 14.5. The van der Waals surface area contributed by atoms with E-state index in [2.05, 4.69) is 57.5 Å². The van der Waals surface area contributed by atoms with E-state index in [1.165, 1.54) is 13.8 Å². The third-order valence-corrected chi connectivity index (χ3v) is 11.9. The predicted molar refractivity (Wildman–Crippen MR) is 274 cm³/mol. The molecule has 0 radical (unpaired) electrons. The number of carbonyl (C=O) groups excluding carboxylic acids is 9. The lowest BCUT2D eigenvalue weighted by Gasteiger charge is -2.28. The number of rotatable bonds is 17. The van der Waals surface area contributed by atoms with E-state index in [0.29, 0.717) is 11.1 Å². The largest absolute Gasteiger partial charge is 0.391 e. The van der Waals surface area contributed by atoms with Crippen molar-refractivity contribution in [2.45, 2.75) is 126 Å². The number of aliphatic hydroxyl groups is 1. The van der Waals surface area contributed by atoms with Gasteiger partial charge >= 0.3 is 0 Å². The quantitative estimate of drug-likeness (QED) is 0.0349. The highest BCUT2D eigenvalue weighted by molar-refractivity contribution is 5.99. The van der Waals surface area contributed by atoms with Crippen molar-refractivity contribution in [2.75, 3.05) is 19.6 Å². The number of aliphatic hydroxyl groups excluding tert-OH is 1. The van der Waals surface area contributed by atoms with Crippen LogP contribution in [0.4, 0.5) is 0 Å². The molecule has 26 heteroatoms. The highest BCUT2D eigenvalue weighted by Gasteiger charge is 2.36. The number of nitrogens with one attached hydrogen (secondary N) is 9. The summed E-state index contributed by atoms with van der Waals surface area (Å²) in [6, 6.07) is 5.54. The van der Waals surface area contributed by atoms with E-state index >= 15 is 0 Å². The van der Waals surface area contributed by atoms with Crippen molar-refractivity contribution in [2.24, 2.45) is 38.7 Å². The number of guanidine groups is 2. The first kappa shape index (κ1) is 58.3. The van der Waals surface area contributed by atoms with Crippen molar-refractivity contribution in [1.82, 2.24) is 47.5 Å². The van der Waals surface area contributed by atoms with Gasteiger partial charge in [-0.25, -0.2) is 0 Å². The monoisotopic (exact) mass is 1030 g/mol. The number of aliphatic imine (C=N–C) groups is 2. The van der Waals surface area contributed by atoms with Crippen LogP contribution in [0, 0.1) is 0 Å². The number of para-hydroxylation sites is 1. The Hall–Kier alpha value is -8.29. The summed E-state index contributed by atoms with van der Waals surface area (Å²) >= 11 is 0. The fourth-order valence-electron chi connectivity index (χ4n) is 8.04. The van der Waals surface area contributed by atoms with E-state index < -0.39 is 108 Å². The van der Waals surface area contributed by atoms with Crippen molar-refractivity contribution < 1.29 is 48.3 Å². The number of fused-ring (bicyclic) bond motifs is 1. The van der Waals surface area contributed by atoms with Crippen molar-refractivity contribution in [3.8, 4) is 0 Å². The molecule has 0 bridgehead atoms. The summed E-state index contributed by atoms with van der Waals surface area (Å²) in [5.41, 5.74) is 29.6. The number of aromatic nitrogens is 1. The maximum Gasteiger partial charge on any atom is 0.245 e. The lowest BCUT2D eigenvalue weighted by atomic mass is 10.0. The van der Waals surface area contributed by atoms with Crippen molar-refractivity contribution in [3.05, 3.63) is 71.9 Å². The summed E-state index contributed by atoms with van der Waals surface area (Å²) in [5, 5.41) is 32.4. The molecule has 0 unspecified atom stereocenters. The number of hydrogen-bond acceptors (Lipinski definition) is 12. The topological polar surface area (TPSA) is 441 Å². The minimum Gasteiger partial charge on any atom is -0.391 e. The van der Waals surface area contributed by atoms with E-state index in [1.807, 2.05) is 18.2 Å². The van der Waals surface area contributed by atoms with Crippen molar-refractivity contribution in [3.63, 3.8) is 0 Å². The summed E-state index contributed by atoms with van der Waals surface area (Å²) in [6.45, 7) is 2.49. The first-order chi connectivity index (χ1) is 35.2. The van der Waals surface area contributed by atoms with E-state index in [4.69, 9.17) is 28.7 Å². The number of amides is 9. The molecule has 26 nitrogen and oxygen atoms in total. The molecular weight excluding hydrogens is 961 g/mol. The van der Waals surface area contributed by atoms with Gasteiger partial charge in [0.1, 0.15) is 42.3 Å². The first-order valence-electron chi connectivity index (χ1n) is 24.2. The molecule has 0 spiro atoms. The Morgan fingerprint density at radius 1 is 0.730 bits per heavy atom. The molecule has 1 aromatic heterocycles. The van der Waals surface area contributed by atoms with Crippen LogP contribution in [0.15, 0.2) is 70.8 Å². The second-order valence-corrected chi connectivity index (χ2v) is 17.9. The Morgan fingerprint density at radius 2 is 1.34 bits per heavy atom. The fourth-order valence-corrected chi connectivity index (χ4v) is 8.04. The van der Waals surface area contributed by atoms with Gasteiger partial charge in [0.05, 0.1) is 12.5 Å². The van der Waals surface area contributed by atoms with E-state index in [1.54, 1.807) is 42.6 Å². The number of primary amides is 1. The van der Waals surface area contributed by atoms with Gasteiger partial charge in [0, 0.05) is 56.5 Å². The summed E-state index contributed by atoms with van der Waals surface area (Å²) in [5.74, 6) is -8.17. The molecule has 8 atom stereocenters. The molecule has 1 aliphatic heterocycles. The number of nitrogens with two attached hydrogens (primary N) is 5. The third-order valence-electron chi connectivity index (χ3n) is 11.9. The smallest absolute Gasteiger partial charge is 0.245 e. The Bertz CT molecular complexity index is 2490. The lowest BCUT2D eigenvalue weighted by molar-refractivity contribution is -0.137. The minimum atomic E-state index is -1.80. The van der Waals surface area contributed by atoms with Crippen LogP contribution >= 0.6 is 0 Å². The Kier molecular flexibility index (Phi) is 23.1. The van der Waals surface area contributed by atoms with Crippen LogP contribution in [0.5, 0.6) is 0 Å². The minimum absolute atomic E-state index is 0.00257. The molecule has 74 heavy (non-hydrogen) atoms. The van der Waals surface area contributed by atoms with Gasteiger partial charge in [0.15, 0.2) is 11.9 Å². The van der Waals surface area contributed by atoms with E-state index in [9.17, 15) is 48.3 Å². The summed E-state index contributed by atoms with van der Waals surface area (Å²) in [7, 11) is 0. The van der Waals surface area contributed by atoms with Crippen LogP contribution in [0.2, 0.25) is 0 Å². The SMILES string of the molecule is CC(=O)N[C@H](CCCN=C(N)N)C(=O)N[C@@H]1CC(=O)NCCCC[C@H](C(N)=O)NC(=O)[C@@H](Cc2c[nH]c3ccccc23)NC(=O)[C@@H](CCCN=C(N)N)NC(=O)[C@H](Cc2ccccc2)NC(=O)[C@@H]([C@H](C)O)NC1=O. The molecule has 4 rings (SSSR count). The lowest BCUT2D eigenvalue weighted by Crippen LogP contribution is -2.62. The van der Waals surface area contributed by atoms with Crippen molar-refractivity contribution >= 4 is 76.0 Å². The van der Waals surface area contributed by atoms with Crippen molar-refractivity contribution in [1.29, 1.82) is 0 Å². The molecule has 9 amide bonds. The molecule has 2 aromatic carbocycles. The van der Waals surface area contributed by atoms with Gasteiger partial charge in [-0.2, -0.15) is 0 Å². The molecule has 1 saturated heterocycles. The third kappa shape index (κ3) is 19.4. The zero-order valence-electron chi connectivity index (χ0n) is 41.5. The second-order valence-electron chi connectivity index (χ2n) is 17.9. The molecule has 402 valence electrons. The summed E-state index contributed by atoms with van der Waals surface area (Å²) < 4.78 is 0. The van der Waals surface area contributed by atoms with Gasteiger partial charge in [-0.3, -0.25) is 53.1 Å². The first-order valence-corrected chi connectivity index (χ1v) is 24.2. The number of H-pyrrole nitrogens is 1. The predicted octanol–water partition coefficient (Wildman–Crippen LogP) is -3.97. The zero-order chi connectivity index (χ0) is 54.3. The van der Waals surface area contributed by atoms with Gasteiger partial charge < -0.3 is 81.3 Å². The highest BCUT2D eigenvalue weighted by Crippen LogP contribution is 2.20. The molecule has 2 heterocycles. The number of nitrogens with zero attached hydrogens (tertiary/aromatic N) is 2. The normalized spacial score (nSPS) is 21.7. The summed E-state index contributed by atoms with van der Waals surface area (Å²) in [6.07, 6.45) is -0.168. The fraction of sp³-hybridized carbons (Fsp3) is 0.479. The van der Waals surface area contributed by atoms with Gasteiger partial charge in [-0.05, 0) is 69.1 Å². The Balaban J connectivity index is 1.76. The van der Waals surface area contributed by atoms with Crippen LogP contribution in [-0.2, 0) is 56.0 Å². The molecule has 20 N–H and O–H groups in total. The Morgan fingerprint density at radius 3 is 2.00 bits per heavy atom. The molecule has 1 aliphatic rings. The molecule has 0 aliphatic carbocycles. The van der Waals surface area contributed by atoms with Gasteiger partial charge in [0.25, 0.3) is 0 Å². The number of carbonyl (C=O) groups is 9. The van der Waals surface area contributed by atoms with E-state index in [-0.39, 0.29) is 89.3 Å². The second kappa shape index (κ2) is 29.3. The molecule has 1 fully saturated rings. The molecule has 3 aromatic rings. The maximum absolute atomic E-state index is 14.5. The van der Waals surface area contributed by atoms with Crippen LogP contribution in [0.1, 0.15) is 76.3 Å². The number of benzene rings is 2. The molecule has 0 saturated carbocycles. The van der Waals surface area contributed by atoms with Crippen LogP contribution in [0.25, 0.3) is 10.9 Å². The van der Waals surface area contributed by atoms with Crippen LogP contribution in [-0.4, -0.2) is 143 Å².